The minimum atomic E-state index is -0.135. The molecule has 1 aliphatic heterocycles. The predicted molar refractivity (Wildman–Crippen MR) is 73.7 cm³/mol. The Labute approximate surface area is 116 Å². The molecule has 102 valence electrons. The normalized spacial score (nSPS) is 21.8. The van der Waals surface area contributed by atoms with Gasteiger partial charge in [-0.15, -0.1) is 11.3 Å². The van der Waals surface area contributed by atoms with Crippen LogP contribution in [-0.4, -0.2) is 30.3 Å². The Morgan fingerprint density at radius 1 is 1.63 bits per heavy atom. The Kier molecular flexibility index (Phi) is 4.97. The number of rotatable bonds is 3. The van der Waals surface area contributed by atoms with Gasteiger partial charge in [0.2, 0.25) is 5.91 Å². The van der Waals surface area contributed by atoms with Gasteiger partial charge in [-0.3, -0.25) is 4.79 Å². The Morgan fingerprint density at radius 2 is 2.47 bits per heavy atom. The predicted octanol–water partition coefficient (Wildman–Crippen LogP) is 1.13. The van der Waals surface area contributed by atoms with Crippen molar-refractivity contribution in [1.29, 1.82) is 0 Å². The summed E-state index contributed by atoms with van der Waals surface area (Å²) in [6, 6.07) is 3.84. The van der Waals surface area contributed by atoms with E-state index in [2.05, 4.69) is 17.2 Å². The zero-order valence-corrected chi connectivity index (χ0v) is 11.6. The third kappa shape index (κ3) is 4.06. The smallest absolute Gasteiger partial charge is 0.225 e. The minimum absolute atomic E-state index is 0.0244. The van der Waals surface area contributed by atoms with E-state index in [0.717, 1.165) is 16.2 Å². The summed E-state index contributed by atoms with van der Waals surface area (Å²) >= 11 is 1.53. The molecular formula is C14H17NO3S. The zero-order chi connectivity index (χ0) is 13.7. The van der Waals surface area contributed by atoms with Gasteiger partial charge in [0, 0.05) is 4.88 Å². The SMILES string of the molecule is CC1CC(C(=O)NCc2ccc(C#CCO)s2)CO1. The number of aliphatic hydroxyl groups is 1. The molecule has 4 nitrogen and oxygen atoms in total. The Morgan fingerprint density at radius 3 is 3.16 bits per heavy atom. The lowest BCUT2D eigenvalue weighted by Crippen LogP contribution is -2.30. The van der Waals surface area contributed by atoms with E-state index < -0.39 is 0 Å². The van der Waals surface area contributed by atoms with Crippen LogP contribution in [0.25, 0.3) is 0 Å². The van der Waals surface area contributed by atoms with Gasteiger partial charge in [-0.1, -0.05) is 11.8 Å². The highest BCUT2D eigenvalue weighted by Crippen LogP contribution is 2.20. The van der Waals surface area contributed by atoms with Crippen molar-refractivity contribution in [3.8, 4) is 11.8 Å². The molecule has 2 atom stereocenters. The first-order valence-corrected chi connectivity index (χ1v) is 7.08. The summed E-state index contributed by atoms with van der Waals surface area (Å²) in [5.41, 5.74) is 0. The molecule has 1 fully saturated rings. The maximum atomic E-state index is 11.9. The molecule has 0 aromatic carbocycles. The highest BCUT2D eigenvalue weighted by Gasteiger charge is 2.27. The first-order valence-electron chi connectivity index (χ1n) is 6.27. The van der Waals surface area contributed by atoms with Crippen LogP contribution in [0.1, 0.15) is 23.1 Å². The van der Waals surface area contributed by atoms with E-state index >= 15 is 0 Å². The van der Waals surface area contributed by atoms with Crippen LogP contribution >= 0.6 is 11.3 Å². The van der Waals surface area contributed by atoms with E-state index in [9.17, 15) is 4.79 Å². The molecule has 1 amide bonds. The molecule has 0 bridgehead atoms. The fraction of sp³-hybridized carbons (Fsp3) is 0.500. The summed E-state index contributed by atoms with van der Waals surface area (Å²) in [6.45, 7) is 2.89. The van der Waals surface area contributed by atoms with Crippen molar-refractivity contribution < 1.29 is 14.6 Å². The molecule has 0 spiro atoms. The van der Waals surface area contributed by atoms with Crippen LogP contribution in [-0.2, 0) is 16.1 Å². The molecule has 2 N–H and O–H groups in total. The molecular weight excluding hydrogens is 262 g/mol. The summed E-state index contributed by atoms with van der Waals surface area (Å²) in [4.78, 5) is 13.9. The lowest BCUT2D eigenvalue weighted by Gasteiger charge is -2.08. The Balaban J connectivity index is 1.82. The van der Waals surface area contributed by atoms with Gasteiger partial charge in [-0.05, 0) is 25.5 Å². The van der Waals surface area contributed by atoms with Crippen molar-refractivity contribution in [3.63, 3.8) is 0 Å². The largest absolute Gasteiger partial charge is 0.384 e. The van der Waals surface area contributed by atoms with Crippen molar-refractivity contribution in [3.05, 3.63) is 21.9 Å². The molecule has 0 saturated carbocycles. The van der Waals surface area contributed by atoms with Gasteiger partial charge in [-0.2, -0.15) is 0 Å². The van der Waals surface area contributed by atoms with E-state index in [1.54, 1.807) is 0 Å². The Bertz CT molecular complexity index is 500. The number of carbonyl (C=O) groups is 1. The number of carbonyl (C=O) groups excluding carboxylic acids is 1. The third-order valence-corrected chi connectivity index (χ3v) is 3.96. The van der Waals surface area contributed by atoms with Crippen molar-refractivity contribution in [2.24, 2.45) is 5.92 Å². The van der Waals surface area contributed by atoms with Crippen LogP contribution in [0.15, 0.2) is 12.1 Å². The molecule has 5 heteroatoms. The zero-order valence-electron chi connectivity index (χ0n) is 10.8. The van der Waals surface area contributed by atoms with Crippen molar-refractivity contribution in [2.45, 2.75) is 26.0 Å². The molecule has 0 radical (unpaired) electrons. The molecule has 19 heavy (non-hydrogen) atoms. The van der Waals surface area contributed by atoms with Crippen LogP contribution < -0.4 is 5.32 Å². The van der Waals surface area contributed by atoms with E-state index in [1.165, 1.54) is 11.3 Å². The summed E-state index contributed by atoms with van der Waals surface area (Å²) in [7, 11) is 0. The lowest BCUT2D eigenvalue weighted by atomic mass is 10.1. The van der Waals surface area contributed by atoms with Crippen LogP contribution in [0.5, 0.6) is 0 Å². The monoisotopic (exact) mass is 279 g/mol. The van der Waals surface area contributed by atoms with Gasteiger partial charge in [0.1, 0.15) is 6.61 Å². The van der Waals surface area contributed by atoms with Gasteiger partial charge < -0.3 is 15.2 Å². The van der Waals surface area contributed by atoms with Crippen LogP contribution in [0.4, 0.5) is 0 Å². The topological polar surface area (TPSA) is 58.6 Å². The standard InChI is InChI=1S/C14H17NO3S/c1-10-7-11(9-18-10)14(17)15-8-13-5-4-12(19-13)3-2-6-16/h4-5,10-11,16H,6-9H2,1H3,(H,15,17). The first-order chi connectivity index (χ1) is 9.19. The maximum Gasteiger partial charge on any atom is 0.225 e. The van der Waals surface area contributed by atoms with E-state index in [1.807, 2.05) is 19.1 Å². The van der Waals surface area contributed by atoms with Crippen LogP contribution in [0, 0.1) is 17.8 Å². The van der Waals surface area contributed by atoms with Gasteiger partial charge in [-0.25, -0.2) is 0 Å². The van der Waals surface area contributed by atoms with Gasteiger partial charge in [0.15, 0.2) is 0 Å². The second kappa shape index (κ2) is 6.71. The number of hydrogen-bond donors (Lipinski definition) is 2. The molecule has 1 aliphatic rings. The molecule has 1 saturated heterocycles. The quantitative estimate of drug-likeness (QED) is 0.816. The summed E-state index contributed by atoms with van der Waals surface area (Å²) in [5.74, 6) is 5.49. The molecule has 1 aromatic rings. The number of hydrogen-bond acceptors (Lipinski definition) is 4. The molecule has 2 heterocycles. The molecule has 0 aliphatic carbocycles. The number of thiophene rings is 1. The second-order valence-corrected chi connectivity index (χ2v) is 5.69. The van der Waals surface area contributed by atoms with Crippen molar-refractivity contribution in [1.82, 2.24) is 5.32 Å². The average molecular weight is 279 g/mol. The highest BCUT2D eigenvalue weighted by molar-refractivity contribution is 7.12. The van der Waals surface area contributed by atoms with Crippen molar-refractivity contribution in [2.75, 3.05) is 13.2 Å². The summed E-state index contributed by atoms with van der Waals surface area (Å²) < 4.78 is 5.39. The molecule has 2 unspecified atom stereocenters. The number of nitrogens with one attached hydrogen (secondary N) is 1. The van der Waals surface area contributed by atoms with E-state index in [4.69, 9.17) is 9.84 Å². The van der Waals surface area contributed by atoms with Gasteiger partial charge >= 0.3 is 0 Å². The molecule has 2 rings (SSSR count). The third-order valence-electron chi connectivity index (χ3n) is 2.96. The average Bonchev–Trinajstić information content (AvgIpc) is 3.02. The first kappa shape index (κ1) is 14.1. The van der Waals surface area contributed by atoms with E-state index in [0.29, 0.717) is 13.2 Å². The maximum absolute atomic E-state index is 11.9. The number of aliphatic hydroxyl groups excluding tert-OH is 1. The van der Waals surface area contributed by atoms with Crippen LogP contribution in [0.2, 0.25) is 0 Å². The number of ether oxygens (including phenoxy) is 1. The van der Waals surface area contributed by atoms with Gasteiger partial charge in [0.25, 0.3) is 0 Å². The fourth-order valence-corrected chi connectivity index (χ4v) is 2.81. The van der Waals surface area contributed by atoms with Crippen LogP contribution in [0.3, 0.4) is 0 Å². The highest BCUT2D eigenvalue weighted by atomic mass is 32.1. The summed E-state index contributed by atoms with van der Waals surface area (Å²) in [5, 5.41) is 11.5. The van der Waals surface area contributed by atoms with Crippen molar-refractivity contribution >= 4 is 17.2 Å². The van der Waals surface area contributed by atoms with Gasteiger partial charge in [0.05, 0.1) is 30.1 Å². The van der Waals surface area contributed by atoms with E-state index in [-0.39, 0.29) is 24.5 Å². The Hall–Kier alpha value is -1.35. The minimum Gasteiger partial charge on any atom is -0.384 e. The number of amides is 1. The second-order valence-electron chi connectivity index (χ2n) is 4.52. The fourth-order valence-electron chi connectivity index (χ4n) is 1.99. The molecule has 1 aromatic heterocycles. The summed E-state index contributed by atoms with van der Waals surface area (Å²) in [6.07, 6.45) is 0.974. The lowest BCUT2D eigenvalue weighted by molar-refractivity contribution is -0.125.